The number of benzene rings is 1. The first-order valence-electron chi connectivity index (χ1n) is 6.76. The minimum absolute atomic E-state index is 0.138. The van der Waals surface area contributed by atoms with Crippen LogP contribution in [0.4, 0.5) is 5.69 Å². The first-order chi connectivity index (χ1) is 9.20. The molecule has 0 saturated carbocycles. The number of ether oxygens (including phenoxy) is 1. The van der Waals surface area contributed by atoms with Crippen molar-refractivity contribution in [2.24, 2.45) is 5.92 Å². The number of hydrogen-bond acceptors (Lipinski definition) is 4. The molecule has 0 spiro atoms. The van der Waals surface area contributed by atoms with Gasteiger partial charge in [-0.25, -0.2) is 0 Å². The molecule has 0 bridgehead atoms. The van der Waals surface area contributed by atoms with Crippen molar-refractivity contribution in [3.05, 3.63) is 39.9 Å². The highest BCUT2D eigenvalue weighted by Gasteiger charge is 2.25. The first-order valence-corrected chi connectivity index (χ1v) is 6.76. The number of rotatable bonds is 6. The van der Waals surface area contributed by atoms with Crippen LogP contribution < -0.4 is 5.32 Å². The molecule has 2 atom stereocenters. The molecule has 0 radical (unpaired) electrons. The van der Waals surface area contributed by atoms with Crippen molar-refractivity contribution in [2.75, 3.05) is 13.2 Å². The van der Waals surface area contributed by atoms with Crippen LogP contribution in [0.15, 0.2) is 24.3 Å². The Morgan fingerprint density at radius 1 is 1.42 bits per heavy atom. The van der Waals surface area contributed by atoms with Crippen molar-refractivity contribution in [1.82, 2.24) is 5.32 Å². The molecule has 0 aliphatic carbocycles. The molecule has 1 aliphatic rings. The maximum Gasteiger partial charge on any atom is 0.269 e. The highest BCUT2D eigenvalue weighted by Crippen LogP contribution is 2.22. The summed E-state index contributed by atoms with van der Waals surface area (Å²) in [5.41, 5.74) is 1.21. The normalized spacial score (nSPS) is 22.6. The van der Waals surface area contributed by atoms with Crippen molar-refractivity contribution >= 4 is 5.69 Å². The lowest BCUT2D eigenvalue weighted by Gasteiger charge is -2.17. The van der Waals surface area contributed by atoms with Gasteiger partial charge < -0.3 is 10.1 Å². The van der Waals surface area contributed by atoms with Gasteiger partial charge >= 0.3 is 0 Å². The summed E-state index contributed by atoms with van der Waals surface area (Å²) in [6.45, 7) is 4.70. The second kappa shape index (κ2) is 6.63. The van der Waals surface area contributed by atoms with Crippen molar-refractivity contribution < 1.29 is 9.66 Å². The van der Waals surface area contributed by atoms with E-state index in [-0.39, 0.29) is 10.6 Å². The maximum absolute atomic E-state index is 10.5. The molecule has 1 aliphatic heterocycles. The molecule has 0 aromatic heterocycles. The number of nitrogens with one attached hydrogen (secondary N) is 1. The van der Waals surface area contributed by atoms with Gasteiger partial charge in [-0.05, 0) is 24.3 Å². The van der Waals surface area contributed by atoms with Crippen LogP contribution in [-0.4, -0.2) is 24.2 Å². The summed E-state index contributed by atoms with van der Waals surface area (Å²) in [6, 6.07) is 6.69. The van der Waals surface area contributed by atoms with E-state index in [4.69, 9.17) is 4.74 Å². The Bertz CT molecular complexity index is 419. The Morgan fingerprint density at radius 3 is 2.79 bits per heavy atom. The molecule has 0 amide bonds. The number of nitro benzene ring substituents is 1. The van der Waals surface area contributed by atoms with Gasteiger partial charge in [0.15, 0.2) is 0 Å². The van der Waals surface area contributed by atoms with Gasteiger partial charge in [-0.15, -0.1) is 0 Å². The Morgan fingerprint density at radius 2 is 2.16 bits per heavy atom. The standard InChI is InChI=1S/C14H20N2O3/c1-2-14-12(7-8-19-14)10-15-9-11-3-5-13(6-4-11)16(17)18/h3-6,12,14-15H,2,7-10H2,1H3. The molecular weight excluding hydrogens is 244 g/mol. The molecule has 19 heavy (non-hydrogen) atoms. The van der Waals surface area contributed by atoms with E-state index in [2.05, 4.69) is 12.2 Å². The second-order valence-electron chi connectivity index (χ2n) is 4.92. The van der Waals surface area contributed by atoms with E-state index in [1.165, 1.54) is 0 Å². The van der Waals surface area contributed by atoms with Gasteiger partial charge in [0, 0.05) is 31.8 Å². The van der Waals surface area contributed by atoms with Crippen LogP contribution in [0.25, 0.3) is 0 Å². The lowest BCUT2D eigenvalue weighted by molar-refractivity contribution is -0.384. The van der Waals surface area contributed by atoms with E-state index in [1.54, 1.807) is 24.3 Å². The van der Waals surface area contributed by atoms with Crippen LogP contribution in [0.1, 0.15) is 25.3 Å². The quantitative estimate of drug-likeness (QED) is 0.633. The summed E-state index contributed by atoms with van der Waals surface area (Å²) < 4.78 is 5.64. The van der Waals surface area contributed by atoms with E-state index in [0.29, 0.717) is 12.0 Å². The van der Waals surface area contributed by atoms with Gasteiger partial charge in [-0.3, -0.25) is 10.1 Å². The average molecular weight is 264 g/mol. The summed E-state index contributed by atoms with van der Waals surface area (Å²) in [6.07, 6.45) is 2.56. The first kappa shape index (κ1) is 14.0. The maximum atomic E-state index is 10.5. The largest absolute Gasteiger partial charge is 0.378 e. The number of non-ortho nitro benzene ring substituents is 1. The van der Waals surface area contributed by atoms with Gasteiger partial charge in [0.25, 0.3) is 5.69 Å². The third kappa shape index (κ3) is 3.75. The SMILES string of the molecule is CCC1OCCC1CNCc1ccc([N+](=O)[O-])cc1. The third-order valence-electron chi connectivity index (χ3n) is 3.63. The third-order valence-corrected chi connectivity index (χ3v) is 3.63. The molecule has 5 nitrogen and oxygen atoms in total. The van der Waals surface area contributed by atoms with Crippen LogP contribution in [-0.2, 0) is 11.3 Å². The molecule has 1 aromatic carbocycles. The Kier molecular flexibility index (Phi) is 4.87. The highest BCUT2D eigenvalue weighted by atomic mass is 16.6. The minimum atomic E-state index is -0.376. The summed E-state index contributed by atoms with van der Waals surface area (Å²) >= 11 is 0. The molecule has 1 saturated heterocycles. The van der Waals surface area contributed by atoms with Crippen LogP contribution in [0.5, 0.6) is 0 Å². The predicted molar refractivity (Wildman–Crippen MR) is 72.9 cm³/mol. The fourth-order valence-electron chi connectivity index (χ4n) is 2.51. The van der Waals surface area contributed by atoms with Gasteiger partial charge in [-0.1, -0.05) is 19.1 Å². The van der Waals surface area contributed by atoms with Crippen molar-refractivity contribution in [2.45, 2.75) is 32.4 Å². The monoisotopic (exact) mass is 264 g/mol. The van der Waals surface area contributed by atoms with E-state index in [9.17, 15) is 10.1 Å². The zero-order valence-corrected chi connectivity index (χ0v) is 11.2. The van der Waals surface area contributed by atoms with Crippen molar-refractivity contribution in [3.63, 3.8) is 0 Å². The summed E-state index contributed by atoms with van der Waals surface area (Å²) in [7, 11) is 0. The molecule has 2 unspecified atom stereocenters. The van der Waals surface area contributed by atoms with Crippen LogP contribution in [0.3, 0.4) is 0 Å². The zero-order valence-electron chi connectivity index (χ0n) is 11.2. The minimum Gasteiger partial charge on any atom is -0.378 e. The molecule has 1 heterocycles. The highest BCUT2D eigenvalue weighted by molar-refractivity contribution is 5.32. The zero-order chi connectivity index (χ0) is 13.7. The fourth-order valence-corrected chi connectivity index (χ4v) is 2.51. The van der Waals surface area contributed by atoms with Gasteiger partial charge in [0.05, 0.1) is 11.0 Å². The summed E-state index contributed by atoms with van der Waals surface area (Å²) in [5.74, 6) is 0.586. The molecule has 1 aromatic rings. The van der Waals surface area contributed by atoms with E-state index < -0.39 is 0 Å². The molecule has 1 N–H and O–H groups in total. The van der Waals surface area contributed by atoms with Crippen molar-refractivity contribution in [1.29, 1.82) is 0 Å². The van der Waals surface area contributed by atoms with Crippen LogP contribution in [0.2, 0.25) is 0 Å². The summed E-state index contributed by atoms with van der Waals surface area (Å²) in [4.78, 5) is 10.2. The molecule has 5 heteroatoms. The van der Waals surface area contributed by atoms with Crippen LogP contribution in [0, 0.1) is 16.0 Å². The average Bonchev–Trinajstić information content (AvgIpc) is 2.87. The Balaban J connectivity index is 1.77. The molecular formula is C14H20N2O3. The fraction of sp³-hybridized carbons (Fsp3) is 0.571. The van der Waals surface area contributed by atoms with Gasteiger partial charge in [-0.2, -0.15) is 0 Å². The molecule has 104 valence electrons. The molecule has 2 rings (SSSR count). The molecule has 1 fully saturated rings. The van der Waals surface area contributed by atoms with Crippen LogP contribution >= 0.6 is 0 Å². The lowest BCUT2D eigenvalue weighted by atomic mass is 9.99. The second-order valence-corrected chi connectivity index (χ2v) is 4.92. The Labute approximate surface area is 113 Å². The number of nitrogens with zero attached hydrogens (tertiary/aromatic N) is 1. The van der Waals surface area contributed by atoms with Crippen molar-refractivity contribution in [3.8, 4) is 0 Å². The number of hydrogen-bond donors (Lipinski definition) is 1. The van der Waals surface area contributed by atoms with E-state index >= 15 is 0 Å². The smallest absolute Gasteiger partial charge is 0.269 e. The van der Waals surface area contributed by atoms with Gasteiger partial charge in [0.2, 0.25) is 0 Å². The Hall–Kier alpha value is -1.46. The van der Waals surface area contributed by atoms with E-state index in [0.717, 1.165) is 38.1 Å². The number of nitro groups is 1. The summed E-state index contributed by atoms with van der Waals surface area (Å²) in [5, 5.41) is 14.0. The van der Waals surface area contributed by atoms with Gasteiger partial charge in [0.1, 0.15) is 0 Å². The predicted octanol–water partition coefficient (Wildman–Crippen LogP) is 2.50. The topological polar surface area (TPSA) is 64.4 Å². The lowest BCUT2D eigenvalue weighted by Crippen LogP contribution is -2.27. The van der Waals surface area contributed by atoms with E-state index in [1.807, 2.05) is 0 Å².